The Bertz CT molecular complexity index is 223. The van der Waals surface area contributed by atoms with Crippen LogP contribution >= 0.6 is 15.6 Å². The molecule has 0 unspecified atom stereocenters. The van der Waals surface area contributed by atoms with Gasteiger partial charge in [-0.05, 0) is 0 Å². The number of nitrogens with zero attached hydrogens (tertiary/aromatic N) is 1. The number of nitrogens with two attached hydrogens (primary N) is 1. The molecule has 9 nitrogen and oxygen atoms in total. The van der Waals surface area contributed by atoms with E-state index in [0.717, 1.165) is 13.1 Å². The van der Waals surface area contributed by atoms with Crippen LogP contribution in [0.1, 0.15) is 13.8 Å². The topological polar surface area (TPSA) is 154 Å². The van der Waals surface area contributed by atoms with Crippen LogP contribution in [0, 0.1) is 0 Å². The summed E-state index contributed by atoms with van der Waals surface area (Å²) in [5.74, 6) is 5.31. The molecule has 15 heavy (non-hydrogen) atoms. The van der Waals surface area contributed by atoms with Crippen LogP contribution in [0.2, 0.25) is 0 Å². The Labute approximate surface area is 87.3 Å². The van der Waals surface area contributed by atoms with Gasteiger partial charge in [-0.15, -0.1) is 0 Å². The summed E-state index contributed by atoms with van der Waals surface area (Å²) in [6, 6.07) is 0. The van der Waals surface area contributed by atoms with Crippen LogP contribution in [0.4, 0.5) is 0 Å². The summed E-state index contributed by atoms with van der Waals surface area (Å²) < 4.78 is 22.2. The molecule has 0 saturated heterocycles. The molecule has 0 bridgehead atoms. The van der Waals surface area contributed by atoms with E-state index in [-0.39, 0.29) is 0 Å². The molecule has 0 aromatic heterocycles. The molecular formula is C4H16N2O7P2. The van der Waals surface area contributed by atoms with Crippen LogP contribution in [-0.4, -0.2) is 37.7 Å². The van der Waals surface area contributed by atoms with Crippen molar-refractivity contribution >= 4 is 15.6 Å². The zero-order chi connectivity index (χ0) is 12.7. The molecule has 6 N–H and O–H groups in total. The largest absolute Gasteiger partial charge is 0.478 e. The van der Waals surface area contributed by atoms with E-state index in [1.165, 1.54) is 0 Å². The van der Waals surface area contributed by atoms with E-state index in [2.05, 4.69) is 4.31 Å². The van der Waals surface area contributed by atoms with Crippen LogP contribution in [0.25, 0.3) is 0 Å². The maximum absolute atomic E-state index is 9.63. The van der Waals surface area contributed by atoms with Gasteiger partial charge in [0.2, 0.25) is 0 Å². The molecule has 0 radical (unpaired) electrons. The van der Waals surface area contributed by atoms with Crippen LogP contribution in [0.3, 0.4) is 0 Å². The van der Waals surface area contributed by atoms with E-state index >= 15 is 0 Å². The van der Waals surface area contributed by atoms with Gasteiger partial charge in [-0.25, -0.2) is 14.1 Å². The minimum Gasteiger partial charge on any atom is -0.302 e. The summed E-state index contributed by atoms with van der Waals surface area (Å²) in [6.45, 7) is 5.94. The van der Waals surface area contributed by atoms with Crippen molar-refractivity contribution in [2.75, 3.05) is 13.1 Å². The maximum atomic E-state index is 9.63. The zero-order valence-corrected chi connectivity index (χ0v) is 10.1. The molecule has 0 aliphatic rings. The molecule has 0 aromatic carbocycles. The van der Waals surface area contributed by atoms with Crippen LogP contribution in [0.5, 0.6) is 0 Å². The smallest absolute Gasteiger partial charge is 0.302 e. The second-order valence-electron chi connectivity index (χ2n) is 2.28. The highest BCUT2D eigenvalue weighted by Gasteiger charge is 2.27. The molecule has 0 aliphatic carbocycles. The summed E-state index contributed by atoms with van der Waals surface area (Å²) in [6.07, 6.45) is 0. The lowest BCUT2D eigenvalue weighted by Crippen LogP contribution is -2.29. The fourth-order valence-corrected chi connectivity index (χ4v) is 1.47. The Balaban J connectivity index is 0. The Morgan fingerprint density at radius 2 is 1.33 bits per heavy atom. The van der Waals surface area contributed by atoms with E-state index in [1.807, 2.05) is 13.8 Å². The predicted molar refractivity (Wildman–Crippen MR) is 52.3 cm³/mol. The van der Waals surface area contributed by atoms with Crippen LogP contribution in [0.15, 0.2) is 0 Å². The third-order valence-corrected chi connectivity index (χ3v) is 2.73. The fourth-order valence-electron chi connectivity index (χ4n) is 0.362. The maximum Gasteiger partial charge on any atom is 0.478 e. The van der Waals surface area contributed by atoms with Crippen LogP contribution in [-0.2, 0) is 13.4 Å². The Morgan fingerprint density at radius 3 is 1.33 bits per heavy atom. The molecule has 0 fully saturated rings. The van der Waals surface area contributed by atoms with Crippen molar-refractivity contribution in [2.24, 2.45) is 5.84 Å². The second-order valence-corrected chi connectivity index (χ2v) is 4.90. The quantitative estimate of drug-likeness (QED) is 0.254. The highest BCUT2D eigenvalue weighted by atomic mass is 31.3. The molecule has 0 aromatic rings. The van der Waals surface area contributed by atoms with E-state index < -0.39 is 15.6 Å². The second kappa shape index (κ2) is 7.45. The van der Waals surface area contributed by atoms with Gasteiger partial charge in [-0.3, -0.25) is 5.84 Å². The van der Waals surface area contributed by atoms with Gasteiger partial charge >= 0.3 is 15.6 Å². The van der Waals surface area contributed by atoms with Gasteiger partial charge in [-0.2, -0.15) is 4.31 Å². The SMILES string of the molecule is CCN(N)CC.O=P(O)(O)OP(=O)(O)O. The summed E-state index contributed by atoms with van der Waals surface area (Å²) in [5.41, 5.74) is 0. The van der Waals surface area contributed by atoms with Crippen molar-refractivity contribution in [3.05, 3.63) is 0 Å². The van der Waals surface area contributed by atoms with Crippen molar-refractivity contribution in [3.63, 3.8) is 0 Å². The average Bonchev–Trinajstić information content (AvgIpc) is 1.97. The number of hydrazine groups is 1. The Hall–Kier alpha value is 0.180. The van der Waals surface area contributed by atoms with Gasteiger partial charge in [0.25, 0.3) is 0 Å². The molecular weight excluding hydrogens is 250 g/mol. The molecule has 0 amide bonds. The Morgan fingerprint density at radius 1 is 1.07 bits per heavy atom. The molecule has 11 heteroatoms. The van der Waals surface area contributed by atoms with Gasteiger partial charge in [-0.1, -0.05) is 13.8 Å². The summed E-state index contributed by atoms with van der Waals surface area (Å²) >= 11 is 0. The van der Waals surface area contributed by atoms with Gasteiger partial charge in [0.15, 0.2) is 0 Å². The van der Waals surface area contributed by atoms with Crippen molar-refractivity contribution in [3.8, 4) is 0 Å². The first kappa shape index (κ1) is 17.6. The van der Waals surface area contributed by atoms with E-state index in [1.54, 1.807) is 5.01 Å². The minimum atomic E-state index is -5.05. The van der Waals surface area contributed by atoms with Crippen molar-refractivity contribution in [1.82, 2.24) is 5.01 Å². The standard InChI is InChI=1S/C4H12N2.H4O7P2/c1-3-6(5)4-2;1-8(2,3)7-9(4,5)6/h3-5H2,1-2H3;(H2,1,2,3)(H2,4,5,6). The minimum absolute atomic E-state index is 0.941. The molecule has 0 aliphatic heterocycles. The average molecular weight is 266 g/mol. The molecule has 0 heterocycles. The van der Waals surface area contributed by atoms with Crippen molar-refractivity contribution in [2.45, 2.75) is 13.8 Å². The monoisotopic (exact) mass is 266 g/mol. The normalized spacial score (nSPS) is 12.3. The number of rotatable bonds is 4. The summed E-state index contributed by atoms with van der Waals surface area (Å²) in [5, 5.41) is 1.75. The molecule has 0 spiro atoms. The molecule has 0 saturated carbocycles. The number of hydrogen-bond donors (Lipinski definition) is 5. The molecule has 94 valence electrons. The highest BCUT2D eigenvalue weighted by molar-refractivity contribution is 7.60. The highest BCUT2D eigenvalue weighted by Crippen LogP contribution is 2.53. The first-order valence-electron chi connectivity index (χ1n) is 3.84. The Kier molecular flexibility index (Phi) is 8.73. The van der Waals surface area contributed by atoms with Gasteiger partial charge < -0.3 is 19.6 Å². The first-order chi connectivity index (χ1) is 6.52. The molecule has 0 rings (SSSR count). The van der Waals surface area contributed by atoms with E-state index in [0.29, 0.717) is 0 Å². The third kappa shape index (κ3) is 20.3. The fraction of sp³-hybridized carbons (Fsp3) is 1.00. The van der Waals surface area contributed by atoms with E-state index in [4.69, 9.17) is 25.4 Å². The van der Waals surface area contributed by atoms with E-state index in [9.17, 15) is 9.13 Å². The summed E-state index contributed by atoms with van der Waals surface area (Å²) in [7, 11) is -10.1. The number of hydrogen-bond acceptors (Lipinski definition) is 5. The van der Waals surface area contributed by atoms with Gasteiger partial charge in [0, 0.05) is 13.1 Å². The first-order valence-corrected chi connectivity index (χ1v) is 6.90. The lowest BCUT2D eigenvalue weighted by atomic mass is 10.6. The lowest BCUT2D eigenvalue weighted by Gasteiger charge is -2.07. The zero-order valence-electron chi connectivity index (χ0n) is 8.35. The van der Waals surface area contributed by atoms with Crippen molar-refractivity contribution < 1.29 is 33.0 Å². The predicted octanol–water partition coefficient (Wildman–Crippen LogP) is -0.610. The number of phosphoric acid groups is 2. The van der Waals surface area contributed by atoms with Gasteiger partial charge in [0.1, 0.15) is 0 Å². The van der Waals surface area contributed by atoms with Crippen molar-refractivity contribution in [1.29, 1.82) is 0 Å². The van der Waals surface area contributed by atoms with Gasteiger partial charge in [0.05, 0.1) is 0 Å². The third-order valence-electron chi connectivity index (χ3n) is 1.03. The lowest BCUT2D eigenvalue weighted by molar-refractivity contribution is 0.225. The summed E-state index contributed by atoms with van der Waals surface area (Å²) in [4.78, 5) is 31.0. The molecule has 0 atom stereocenters. The van der Waals surface area contributed by atoms with Crippen LogP contribution < -0.4 is 5.84 Å².